The van der Waals surface area contributed by atoms with E-state index in [1.807, 2.05) is 33.8 Å². The van der Waals surface area contributed by atoms with Crippen LogP contribution in [-0.4, -0.2) is 19.0 Å². The molecule has 0 aliphatic carbocycles. The van der Waals surface area contributed by atoms with Crippen LogP contribution in [0.4, 0.5) is 10.5 Å². The molecule has 6 heteroatoms. The summed E-state index contributed by atoms with van der Waals surface area (Å²) in [5.41, 5.74) is 2.98. The second-order valence-electron chi connectivity index (χ2n) is 5.80. The van der Waals surface area contributed by atoms with Crippen LogP contribution in [0, 0.1) is 20.8 Å². The zero-order valence-electron chi connectivity index (χ0n) is 14.6. The Labute approximate surface area is 141 Å². The Balaban J connectivity index is 2.04. The van der Waals surface area contributed by atoms with Crippen molar-refractivity contribution >= 4 is 17.6 Å². The van der Waals surface area contributed by atoms with Gasteiger partial charge in [0.15, 0.2) is 0 Å². The highest BCUT2D eigenvalue weighted by Crippen LogP contribution is 2.22. The fourth-order valence-corrected chi connectivity index (χ4v) is 2.60. The number of aryl methyl sites for hydroxylation is 3. The summed E-state index contributed by atoms with van der Waals surface area (Å²) < 4.78 is 5.49. The summed E-state index contributed by atoms with van der Waals surface area (Å²) >= 11 is 0. The summed E-state index contributed by atoms with van der Waals surface area (Å²) in [6, 6.07) is 6.57. The molecule has 3 N–H and O–H groups in total. The number of hydrogen-bond acceptors (Lipinski definition) is 3. The van der Waals surface area contributed by atoms with Gasteiger partial charge in [0.1, 0.15) is 11.5 Å². The van der Waals surface area contributed by atoms with E-state index in [-0.39, 0.29) is 18.0 Å². The number of anilines is 1. The Morgan fingerprint density at radius 3 is 2.38 bits per heavy atom. The van der Waals surface area contributed by atoms with Crippen molar-refractivity contribution in [1.29, 1.82) is 0 Å². The van der Waals surface area contributed by atoms with Crippen LogP contribution in [0.25, 0.3) is 0 Å². The SMILES string of the molecule is CNC(=O)c1ccc(NC(=O)N[C@H](C)c2cc(C)oc2C)c(C)c1. The third-order valence-corrected chi connectivity index (χ3v) is 3.86. The molecular weight excluding hydrogens is 306 g/mol. The van der Waals surface area contributed by atoms with E-state index in [2.05, 4.69) is 16.0 Å². The maximum Gasteiger partial charge on any atom is 0.319 e. The Hall–Kier alpha value is -2.76. The molecule has 2 rings (SSSR count). The fourth-order valence-electron chi connectivity index (χ4n) is 2.60. The topological polar surface area (TPSA) is 83.4 Å². The van der Waals surface area contributed by atoms with E-state index < -0.39 is 0 Å². The van der Waals surface area contributed by atoms with Gasteiger partial charge in [-0.1, -0.05) is 0 Å². The number of urea groups is 1. The van der Waals surface area contributed by atoms with Crippen molar-refractivity contribution in [2.45, 2.75) is 33.7 Å². The van der Waals surface area contributed by atoms with Crippen LogP contribution in [0.15, 0.2) is 28.7 Å². The van der Waals surface area contributed by atoms with Gasteiger partial charge in [0.2, 0.25) is 0 Å². The van der Waals surface area contributed by atoms with Gasteiger partial charge in [0.05, 0.1) is 6.04 Å². The molecule has 1 aromatic carbocycles. The predicted octanol–water partition coefficient (Wildman–Crippen LogP) is 3.45. The molecule has 0 spiro atoms. The van der Waals surface area contributed by atoms with E-state index in [0.717, 1.165) is 22.6 Å². The van der Waals surface area contributed by atoms with E-state index >= 15 is 0 Å². The van der Waals surface area contributed by atoms with Crippen molar-refractivity contribution in [2.75, 3.05) is 12.4 Å². The lowest BCUT2D eigenvalue weighted by Crippen LogP contribution is -2.31. The molecule has 0 radical (unpaired) electrons. The summed E-state index contributed by atoms with van der Waals surface area (Å²) in [7, 11) is 1.58. The summed E-state index contributed by atoms with van der Waals surface area (Å²) in [5, 5.41) is 8.27. The number of rotatable bonds is 4. The third-order valence-electron chi connectivity index (χ3n) is 3.86. The van der Waals surface area contributed by atoms with Crippen molar-refractivity contribution in [2.24, 2.45) is 0 Å². The van der Waals surface area contributed by atoms with Gasteiger partial charge in [-0.05, 0) is 57.5 Å². The highest BCUT2D eigenvalue weighted by molar-refractivity contribution is 5.96. The van der Waals surface area contributed by atoms with Crippen LogP contribution in [0.1, 0.15) is 46.0 Å². The smallest absolute Gasteiger partial charge is 0.319 e. The Bertz CT molecular complexity index is 765. The van der Waals surface area contributed by atoms with Crippen molar-refractivity contribution in [3.05, 3.63) is 52.5 Å². The van der Waals surface area contributed by atoms with E-state index in [4.69, 9.17) is 4.42 Å². The summed E-state index contributed by atoms with van der Waals surface area (Å²) in [6.07, 6.45) is 0. The molecule has 1 aromatic heterocycles. The Morgan fingerprint density at radius 2 is 1.83 bits per heavy atom. The standard InChI is InChI=1S/C18H23N3O3/c1-10-8-14(17(22)19-5)6-7-16(10)21-18(23)20-12(3)15-9-11(2)24-13(15)4/h6-9,12H,1-5H3,(H,19,22)(H2,20,21,23)/t12-/m1/s1. The number of carbonyl (C=O) groups is 2. The monoisotopic (exact) mass is 329 g/mol. The minimum Gasteiger partial charge on any atom is -0.466 e. The maximum atomic E-state index is 12.2. The van der Waals surface area contributed by atoms with Gasteiger partial charge in [0.25, 0.3) is 5.91 Å². The lowest BCUT2D eigenvalue weighted by molar-refractivity contribution is 0.0963. The molecule has 24 heavy (non-hydrogen) atoms. The molecule has 2 aromatic rings. The second kappa shape index (κ2) is 7.21. The van der Waals surface area contributed by atoms with Crippen LogP contribution < -0.4 is 16.0 Å². The van der Waals surface area contributed by atoms with E-state index in [1.54, 1.807) is 25.2 Å². The number of amides is 3. The lowest BCUT2D eigenvalue weighted by atomic mass is 10.1. The number of furan rings is 1. The van der Waals surface area contributed by atoms with Gasteiger partial charge in [-0.3, -0.25) is 4.79 Å². The van der Waals surface area contributed by atoms with Gasteiger partial charge in [-0.15, -0.1) is 0 Å². The maximum absolute atomic E-state index is 12.2. The fraction of sp³-hybridized carbons (Fsp3) is 0.333. The van der Waals surface area contributed by atoms with Gasteiger partial charge < -0.3 is 20.4 Å². The largest absolute Gasteiger partial charge is 0.466 e. The minimum absolute atomic E-state index is 0.159. The third kappa shape index (κ3) is 3.95. The van der Waals surface area contributed by atoms with Crippen LogP contribution in [0.5, 0.6) is 0 Å². The summed E-state index contributed by atoms with van der Waals surface area (Å²) in [5.74, 6) is 1.46. The van der Waals surface area contributed by atoms with Crippen molar-refractivity contribution in [1.82, 2.24) is 10.6 Å². The van der Waals surface area contributed by atoms with Gasteiger partial charge >= 0.3 is 6.03 Å². The number of nitrogens with one attached hydrogen (secondary N) is 3. The average Bonchev–Trinajstić information content (AvgIpc) is 2.87. The zero-order valence-corrected chi connectivity index (χ0v) is 14.6. The molecule has 0 aliphatic heterocycles. The second-order valence-corrected chi connectivity index (χ2v) is 5.80. The van der Waals surface area contributed by atoms with Crippen molar-refractivity contribution < 1.29 is 14.0 Å². The van der Waals surface area contributed by atoms with Crippen molar-refractivity contribution in [3.8, 4) is 0 Å². The number of carbonyl (C=O) groups excluding carboxylic acids is 2. The molecular formula is C18H23N3O3. The van der Waals surface area contributed by atoms with Crippen LogP contribution in [0.3, 0.4) is 0 Å². The number of hydrogen-bond donors (Lipinski definition) is 3. The van der Waals surface area contributed by atoms with Crippen LogP contribution in [-0.2, 0) is 0 Å². The molecule has 6 nitrogen and oxygen atoms in total. The first kappa shape index (κ1) is 17.6. The van der Waals surface area contributed by atoms with E-state index in [0.29, 0.717) is 11.3 Å². The number of benzene rings is 1. The van der Waals surface area contributed by atoms with Crippen molar-refractivity contribution in [3.63, 3.8) is 0 Å². The van der Waals surface area contributed by atoms with Crippen LogP contribution in [0.2, 0.25) is 0 Å². The molecule has 0 saturated heterocycles. The minimum atomic E-state index is -0.309. The van der Waals surface area contributed by atoms with Gasteiger partial charge in [-0.25, -0.2) is 4.79 Å². The molecule has 0 bridgehead atoms. The lowest BCUT2D eigenvalue weighted by Gasteiger charge is -2.15. The molecule has 1 heterocycles. The zero-order chi connectivity index (χ0) is 17.9. The molecule has 3 amide bonds. The Morgan fingerprint density at radius 1 is 1.12 bits per heavy atom. The molecule has 0 fully saturated rings. The summed E-state index contributed by atoms with van der Waals surface area (Å²) in [6.45, 7) is 7.49. The molecule has 0 saturated carbocycles. The van der Waals surface area contributed by atoms with E-state index in [1.165, 1.54) is 0 Å². The normalized spacial score (nSPS) is 11.7. The Kier molecular flexibility index (Phi) is 5.28. The molecule has 128 valence electrons. The molecule has 0 unspecified atom stereocenters. The molecule has 1 atom stereocenters. The first-order chi connectivity index (χ1) is 11.3. The van der Waals surface area contributed by atoms with E-state index in [9.17, 15) is 9.59 Å². The highest BCUT2D eigenvalue weighted by atomic mass is 16.3. The predicted molar refractivity (Wildman–Crippen MR) is 93.3 cm³/mol. The first-order valence-corrected chi connectivity index (χ1v) is 7.79. The first-order valence-electron chi connectivity index (χ1n) is 7.79. The van der Waals surface area contributed by atoms with Crippen LogP contribution >= 0.6 is 0 Å². The average molecular weight is 329 g/mol. The quantitative estimate of drug-likeness (QED) is 0.803. The molecule has 0 aliphatic rings. The summed E-state index contributed by atoms with van der Waals surface area (Å²) in [4.78, 5) is 23.8. The van der Waals surface area contributed by atoms with Gasteiger partial charge in [-0.2, -0.15) is 0 Å². The highest BCUT2D eigenvalue weighted by Gasteiger charge is 2.15. The van der Waals surface area contributed by atoms with Gasteiger partial charge in [0, 0.05) is 23.9 Å².